The van der Waals surface area contributed by atoms with Gasteiger partial charge >= 0.3 is 0 Å². The van der Waals surface area contributed by atoms with Crippen LogP contribution in [0.25, 0.3) is 0 Å². The molecule has 0 bridgehead atoms. The van der Waals surface area contributed by atoms with Gasteiger partial charge in [0.15, 0.2) is 5.82 Å². The van der Waals surface area contributed by atoms with Gasteiger partial charge in [-0.3, -0.25) is 9.78 Å². The average molecular weight is 247 g/mol. The Balaban J connectivity index is 2.21. The van der Waals surface area contributed by atoms with Crippen LogP contribution in [0.15, 0.2) is 6.07 Å². The van der Waals surface area contributed by atoms with Gasteiger partial charge in [0, 0.05) is 12.1 Å². The number of rotatable bonds is 4. The first-order valence-corrected chi connectivity index (χ1v) is 6.41. The Labute approximate surface area is 108 Å². The molecule has 2 aromatic heterocycles. The zero-order valence-corrected chi connectivity index (χ0v) is 11.7. The molecule has 0 radical (unpaired) electrons. The summed E-state index contributed by atoms with van der Waals surface area (Å²) >= 11 is 0. The van der Waals surface area contributed by atoms with E-state index >= 15 is 0 Å². The van der Waals surface area contributed by atoms with Gasteiger partial charge in [-0.1, -0.05) is 13.8 Å². The summed E-state index contributed by atoms with van der Waals surface area (Å²) in [6, 6.07) is 2.13. The number of hydrogen-bond acceptors (Lipinski definition) is 3. The zero-order chi connectivity index (χ0) is 13.3. The van der Waals surface area contributed by atoms with Gasteiger partial charge in [-0.05, 0) is 32.8 Å². The molecule has 0 fully saturated rings. The number of nitrogens with one attached hydrogen (secondary N) is 1. The van der Waals surface area contributed by atoms with Crippen molar-refractivity contribution in [3.05, 3.63) is 29.1 Å². The molecule has 0 saturated carbocycles. The first kappa shape index (κ1) is 12.8. The minimum atomic E-state index is 0.0656. The summed E-state index contributed by atoms with van der Waals surface area (Å²) in [5.74, 6) is 2.33. The molecule has 0 aromatic carbocycles. The molecule has 5 nitrogen and oxygen atoms in total. The molecule has 0 aliphatic carbocycles. The fourth-order valence-corrected chi connectivity index (χ4v) is 2.12. The Morgan fingerprint density at radius 3 is 2.56 bits per heavy atom. The summed E-state index contributed by atoms with van der Waals surface area (Å²) in [6.07, 6.45) is 0.927. The van der Waals surface area contributed by atoms with E-state index in [1.54, 1.807) is 0 Å². The highest BCUT2D eigenvalue weighted by Gasteiger charge is 2.16. The fourth-order valence-electron chi connectivity index (χ4n) is 2.12. The van der Waals surface area contributed by atoms with E-state index in [2.05, 4.69) is 54.0 Å². The molecule has 2 aromatic rings. The molecule has 18 heavy (non-hydrogen) atoms. The molecule has 2 heterocycles. The van der Waals surface area contributed by atoms with Gasteiger partial charge in [-0.2, -0.15) is 10.2 Å². The number of aromatic nitrogens is 5. The van der Waals surface area contributed by atoms with E-state index in [9.17, 15) is 0 Å². The maximum Gasteiger partial charge on any atom is 0.174 e. The van der Waals surface area contributed by atoms with Crippen LogP contribution in [0.2, 0.25) is 0 Å². The molecule has 5 heteroatoms. The average Bonchev–Trinajstić information content (AvgIpc) is 2.84. The predicted molar refractivity (Wildman–Crippen MR) is 70.4 cm³/mol. The topological polar surface area (TPSA) is 59.4 Å². The summed E-state index contributed by atoms with van der Waals surface area (Å²) in [5.41, 5.74) is 2.16. The first-order chi connectivity index (χ1) is 8.47. The number of aryl methyl sites for hydroxylation is 2. The van der Waals surface area contributed by atoms with E-state index in [0.717, 1.165) is 29.5 Å². The van der Waals surface area contributed by atoms with Gasteiger partial charge in [-0.25, -0.2) is 4.98 Å². The molecule has 0 saturated heterocycles. The minimum absolute atomic E-state index is 0.0656. The summed E-state index contributed by atoms with van der Waals surface area (Å²) in [4.78, 5) is 4.55. The van der Waals surface area contributed by atoms with Crippen LogP contribution in [-0.4, -0.2) is 25.0 Å². The number of hydrogen-bond donors (Lipinski definition) is 1. The highest BCUT2D eigenvalue weighted by atomic mass is 15.3. The van der Waals surface area contributed by atoms with Crippen LogP contribution in [0.3, 0.4) is 0 Å². The lowest BCUT2D eigenvalue weighted by molar-refractivity contribution is 0.521. The summed E-state index contributed by atoms with van der Waals surface area (Å²) in [6.45, 7) is 10.5. The van der Waals surface area contributed by atoms with Crippen molar-refractivity contribution in [2.45, 2.75) is 47.1 Å². The maximum absolute atomic E-state index is 4.55. The number of H-pyrrole nitrogens is 1. The third-order valence-electron chi connectivity index (χ3n) is 2.94. The van der Waals surface area contributed by atoms with Crippen molar-refractivity contribution in [1.82, 2.24) is 25.0 Å². The lowest BCUT2D eigenvalue weighted by Gasteiger charge is -2.10. The molecular formula is C13H21N5. The van der Waals surface area contributed by atoms with E-state index in [4.69, 9.17) is 0 Å². The second-order valence-electron chi connectivity index (χ2n) is 5.29. The highest BCUT2D eigenvalue weighted by Crippen LogP contribution is 2.16. The first-order valence-electron chi connectivity index (χ1n) is 6.41. The molecule has 0 amide bonds. The van der Waals surface area contributed by atoms with Crippen LogP contribution in [0.1, 0.15) is 49.8 Å². The van der Waals surface area contributed by atoms with Crippen LogP contribution in [0.5, 0.6) is 0 Å². The van der Waals surface area contributed by atoms with Crippen LogP contribution < -0.4 is 0 Å². The fraction of sp³-hybridized carbons (Fsp3) is 0.615. The van der Waals surface area contributed by atoms with Gasteiger partial charge in [0.05, 0.1) is 5.69 Å². The van der Waals surface area contributed by atoms with Gasteiger partial charge < -0.3 is 0 Å². The number of aromatic amines is 1. The van der Waals surface area contributed by atoms with Crippen molar-refractivity contribution in [3.8, 4) is 0 Å². The molecule has 1 atom stereocenters. The minimum Gasteiger partial charge on any atom is -0.263 e. The number of nitrogens with zero attached hydrogens (tertiary/aromatic N) is 4. The molecule has 0 unspecified atom stereocenters. The largest absolute Gasteiger partial charge is 0.263 e. The molecule has 98 valence electrons. The third-order valence-corrected chi connectivity index (χ3v) is 2.94. The van der Waals surface area contributed by atoms with Gasteiger partial charge in [0.1, 0.15) is 11.9 Å². The van der Waals surface area contributed by atoms with E-state index in [-0.39, 0.29) is 6.04 Å². The molecule has 0 spiro atoms. The molecule has 1 N–H and O–H groups in total. The van der Waals surface area contributed by atoms with Crippen molar-refractivity contribution in [1.29, 1.82) is 0 Å². The van der Waals surface area contributed by atoms with Crippen LogP contribution in [0.4, 0.5) is 0 Å². The molecule has 2 rings (SSSR count). The van der Waals surface area contributed by atoms with Crippen molar-refractivity contribution >= 4 is 0 Å². The Bertz CT molecular complexity index is 523. The van der Waals surface area contributed by atoms with E-state index in [1.807, 2.05) is 11.6 Å². The summed E-state index contributed by atoms with van der Waals surface area (Å²) < 4.78 is 1.97. The Morgan fingerprint density at radius 1 is 1.28 bits per heavy atom. The molecular weight excluding hydrogens is 226 g/mol. The molecule has 0 aliphatic rings. The second-order valence-corrected chi connectivity index (χ2v) is 5.29. The van der Waals surface area contributed by atoms with Crippen LogP contribution in [0, 0.1) is 19.8 Å². The van der Waals surface area contributed by atoms with Crippen molar-refractivity contribution in [3.63, 3.8) is 0 Å². The van der Waals surface area contributed by atoms with Crippen LogP contribution in [-0.2, 0) is 6.42 Å². The maximum atomic E-state index is 4.55. The lowest BCUT2D eigenvalue weighted by atomic mass is 10.1. The standard InChI is InChI=1S/C13H21N5/c1-8(2)6-12-14-13(16-15-12)11(5)18-10(4)7-9(3)17-18/h7-8,11H,6H2,1-5H3,(H,14,15,16)/t11-/m0/s1. The Hall–Kier alpha value is -1.65. The normalized spacial score (nSPS) is 13.2. The van der Waals surface area contributed by atoms with E-state index in [1.165, 1.54) is 0 Å². The zero-order valence-electron chi connectivity index (χ0n) is 11.7. The third kappa shape index (κ3) is 2.60. The smallest absolute Gasteiger partial charge is 0.174 e. The summed E-state index contributed by atoms with van der Waals surface area (Å²) in [5, 5.41) is 11.8. The Kier molecular flexibility index (Phi) is 3.50. The lowest BCUT2D eigenvalue weighted by Crippen LogP contribution is -2.12. The van der Waals surface area contributed by atoms with Gasteiger partial charge in [-0.15, -0.1) is 0 Å². The van der Waals surface area contributed by atoms with Crippen LogP contribution >= 0.6 is 0 Å². The second kappa shape index (κ2) is 4.92. The SMILES string of the molecule is Cc1cc(C)n([C@@H](C)c2n[nH]c(CC(C)C)n2)n1. The quantitative estimate of drug-likeness (QED) is 0.902. The van der Waals surface area contributed by atoms with Crippen molar-refractivity contribution < 1.29 is 0 Å². The monoisotopic (exact) mass is 247 g/mol. The highest BCUT2D eigenvalue weighted by molar-refractivity contribution is 5.10. The van der Waals surface area contributed by atoms with E-state index < -0.39 is 0 Å². The van der Waals surface area contributed by atoms with Crippen molar-refractivity contribution in [2.24, 2.45) is 5.92 Å². The Morgan fingerprint density at radius 2 is 2.00 bits per heavy atom. The van der Waals surface area contributed by atoms with E-state index in [0.29, 0.717) is 5.92 Å². The predicted octanol–water partition coefficient (Wildman–Crippen LogP) is 2.43. The summed E-state index contributed by atoms with van der Waals surface area (Å²) in [7, 11) is 0. The van der Waals surface area contributed by atoms with Crippen molar-refractivity contribution in [2.75, 3.05) is 0 Å². The van der Waals surface area contributed by atoms with Gasteiger partial charge in [0.2, 0.25) is 0 Å². The van der Waals surface area contributed by atoms with Gasteiger partial charge in [0.25, 0.3) is 0 Å². The molecule has 0 aliphatic heterocycles.